The van der Waals surface area contributed by atoms with Gasteiger partial charge in [0, 0.05) is 31.9 Å². The van der Waals surface area contributed by atoms with E-state index in [4.69, 9.17) is 0 Å². The Kier molecular flexibility index (Phi) is 6.41. The van der Waals surface area contributed by atoms with Crippen molar-refractivity contribution in [2.45, 2.75) is 52.6 Å². The van der Waals surface area contributed by atoms with Crippen LogP contribution in [0.15, 0.2) is 30.7 Å². The van der Waals surface area contributed by atoms with Crippen LogP contribution in [0.4, 0.5) is 8.78 Å². The molecule has 0 bridgehead atoms. The molecule has 1 fully saturated rings. The van der Waals surface area contributed by atoms with Gasteiger partial charge in [-0.05, 0) is 55.7 Å². The summed E-state index contributed by atoms with van der Waals surface area (Å²) in [5.74, 6) is 0.237. The SMILES string of the molecule is CC(C)Cn1cncc1CN1CCC[C@@H](CCc2ccc(F)cc2F)C1. The minimum Gasteiger partial charge on any atom is -0.333 e. The van der Waals surface area contributed by atoms with Crippen molar-refractivity contribution in [1.29, 1.82) is 0 Å². The van der Waals surface area contributed by atoms with Crippen molar-refractivity contribution in [3.63, 3.8) is 0 Å². The minimum absolute atomic E-state index is 0.421. The summed E-state index contributed by atoms with van der Waals surface area (Å²) in [7, 11) is 0. The van der Waals surface area contributed by atoms with E-state index >= 15 is 0 Å². The van der Waals surface area contributed by atoms with Gasteiger partial charge >= 0.3 is 0 Å². The maximum atomic E-state index is 13.8. The number of benzene rings is 1. The molecular weight excluding hydrogens is 332 g/mol. The Labute approximate surface area is 155 Å². The molecule has 3 rings (SSSR count). The van der Waals surface area contributed by atoms with E-state index in [1.807, 2.05) is 12.5 Å². The zero-order valence-electron chi connectivity index (χ0n) is 15.8. The van der Waals surface area contributed by atoms with Crippen LogP contribution in [-0.4, -0.2) is 27.5 Å². The highest BCUT2D eigenvalue weighted by molar-refractivity contribution is 5.18. The van der Waals surface area contributed by atoms with Gasteiger partial charge in [0.15, 0.2) is 0 Å². The molecule has 0 unspecified atom stereocenters. The summed E-state index contributed by atoms with van der Waals surface area (Å²) in [5.41, 5.74) is 1.89. The third-order valence-corrected chi connectivity index (χ3v) is 5.19. The summed E-state index contributed by atoms with van der Waals surface area (Å²) in [6.07, 6.45) is 7.88. The van der Waals surface area contributed by atoms with Crippen LogP contribution in [0.3, 0.4) is 0 Å². The van der Waals surface area contributed by atoms with E-state index in [0.717, 1.165) is 38.7 Å². The number of piperidine rings is 1. The highest BCUT2D eigenvalue weighted by atomic mass is 19.1. The van der Waals surface area contributed by atoms with Crippen molar-refractivity contribution < 1.29 is 8.78 Å². The fraction of sp³-hybridized carbons (Fsp3) is 0.571. The summed E-state index contributed by atoms with van der Waals surface area (Å²) in [6.45, 7) is 8.50. The van der Waals surface area contributed by atoms with E-state index in [2.05, 4.69) is 28.3 Å². The van der Waals surface area contributed by atoms with Crippen molar-refractivity contribution in [2.75, 3.05) is 13.1 Å². The first kappa shape index (κ1) is 19.0. The largest absolute Gasteiger partial charge is 0.333 e. The highest BCUT2D eigenvalue weighted by Gasteiger charge is 2.21. The molecule has 2 aromatic rings. The molecule has 3 nitrogen and oxygen atoms in total. The van der Waals surface area contributed by atoms with Gasteiger partial charge in [-0.1, -0.05) is 19.9 Å². The Morgan fingerprint density at radius 1 is 1.27 bits per heavy atom. The quantitative estimate of drug-likeness (QED) is 0.715. The predicted molar refractivity (Wildman–Crippen MR) is 99.7 cm³/mol. The Morgan fingerprint density at radius 2 is 2.12 bits per heavy atom. The molecule has 142 valence electrons. The Morgan fingerprint density at radius 3 is 2.88 bits per heavy atom. The normalized spacial score (nSPS) is 18.6. The second-order valence-corrected chi connectivity index (χ2v) is 7.95. The van der Waals surface area contributed by atoms with Crippen LogP contribution >= 0.6 is 0 Å². The lowest BCUT2D eigenvalue weighted by molar-refractivity contribution is 0.158. The summed E-state index contributed by atoms with van der Waals surface area (Å²) in [5, 5.41) is 0. The Hall–Kier alpha value is -1.75. The number of hydrogen-bond donors (Lipinski definition) is 0. The second kappa shape index (κ2) is 8.76. The van der Waals surface area contributed by atoms with Crippen molar-refractivity contribution >= 4 is 0 Å². The molecular formula is C21H29F2N3. The number of imidazole rings is 1. The summed E-state index contributed by atoms with van der Waals surface area (Å²) >= 11 is 0. The van der Waals surface area contributed by atoms with Crippen LogP contribution in [0.2, 0.25) is 0 Å². The molecule has 5 heteroatoms. The van der Waals surface area contributed by atoms with Crippen molar-refractivity contribution in [3.8, 4) is 0 Å². The van der Waals surface area contributed by atoms with Gasteiger partial charge < -0.3 is 4.57 Å². The average molecular weight is 361 g/mol. The number of likely N-dealkylation sites (tertiary alicyclic amines) is 1. The first-order chi connectivity index (χ1) is 12.5. The Balaban J connectivity index is 1.53. The molecule has 1 atom stereocenters. The van der Waals surface area contributed by atoms with E-state index in [-0.39, 0.29) is 0 Å². The molecule has 26 heavy (non-hydrogen) atoms. The van der Waals surface area contributed by atoms with Crippen LogP contribution in [0.1, 0.15) is 44.4 Å². The third kappa shape index (κ3) is 5.13. The molecule has 1 aliphatic heterocycles. The first-order valence-electron chi connectivity index (χ1n) is 9.66. The number of aromatic nitrogens is 2. The number of hydrogen-bond acceptors (Lipinski definition) is 2. The standard InChI is InChI=1S/C21H29F2N3/c1-16(2)12-26-15-24-11-20(26)14-25-9-3-4-17(13-25)5-6-18-7-8-19(22)10-21(18)23/h7-8,10-11,15-17H,3-6,9,12-14H2,1-2H3/t17-/m0/s1. The van der Waals surface area contributed by atoms with E-state index in [0.29, 0.717) is 23.8 Å². The second-order valence-electron chi connectivity index (χ2n) is 7.95. The number of aryl methyl sites for hydroxylation is 1. The Bertz CT molecular complexity index is 711. The van der Waals surface area contributed by atoms with Gasteiger partial charge in [0.1, 0.15) is 11.6 Å². The van der Waals surface area contributed by atoms with E-state index in [9.17, 15) is 8.78 Å². The van der Waals surface area contributed by atoms with E-state index < -0.39 is 11.6 Å². The van der Waals surface area contributed by atoms with Gasteiger partial charge in [-0.15, -0.1) is 0 Å². The van der Waals surface area contributed by atoms with Gasteiger partial charge in [0.05, 0.1) is 12.0 Å². The molecule has 0 radical (unpaired) electrons. The molecule has 0 spiro atoms. The first-order valence-corrected chi connectivity index (χ1v) is 9.66. The maximum Gasteiger partial charge on any atom is 0.129 e. The summed E-state index contributed by atoms with van der Waals surface area (Å²) < 4.78 is 29.1. The minimum atomic E-state index is -0.506. The average Bonchev–Trinajstić information content (AvgIpc) is 3.00. The monoisotopic (exact) mass is 361 g/mol. The molecule has 0 aliphatic carbocycles. The molecule has 2 heterocycles. The maximum absolute atomic E-state index is 13.8. The summed E-state index contributed by atoms with van der Waals surface area (Å²) in [4.78, 5) is 6.81. The van der Waals surface area contributed by atoms with Gasteiger partial charge in [-0.2, -0.15) is 0 Å². The van der Waals surface area contributed by atoms with Crippen LogP contribution in [0.5, 0.6) is 0 Å². The lowest BCUT2D eigenvalue weighted by Crippen LogP contribution is -2.35. The van der Waals surface area contributed by atoms with Crippen LogP contribution < -0.4 is 0 Å². The van der Waals surface area contributed by atoms with Crippen LogP contribution in [0, 0.1) is 23.5 Å². The molecule has 1 aromatic carbocycles. The van der Waals surface area contributed by atoms with E-state index in [1.165, 1.54) is 24.6 Å². The third-order valence-electron chi connectivity index (χ3n) is 5.19. The fourth-order valence-corrected chi connectivity index (χ4v) is 3.88. The lowest BCUT2D eigenvalue weighted by atomic mass is 9.91. The van der Waals surface area contributed by atoms with Crippen molar-refractivity contribution in [1.82, 2.24) is 14.5 Å². The molecule has 1 aromatic heterocycles. The van der Waals surface area contributed by atoms with E-state index in [1.54, 1.807) is 6.07 Å². The smallest absolute Gasteiger partial charge is 0.129 e. The zero-order valence-corrected chi connectivity index (χ0v) is 15.8. The molecule has 1 saturated heterocycles. The molecule has 1 aliphatic rings. The number of nitrogens with zero attached hydrogens (tertiary/aromatic N) is 3. The van der Waals surface area contributed by atoms with Crippen molar-refractivity contribution in [3.05, 3.63) is 53.6 Å². The van der Waals surface area contributed by atoms with Gasteiger partial charge in [0.2, 0.25) is 0 Å². The highest BCUT2D eigenvalue weighted by Crippen LogP contribution is 2.24. The number of halogens is 2. The zero-order chi connectivity index (χ0) is 18.5. The number of rotatable bonds is 7. The van der Waals surface area contributed by atoms with Gasteiger partial charge in [-0.25, -0.2) is 13.8 Å². The summed E-state index contributed by atoms with van der Waals surface area (Å²) in [6, 6.07) is 3.91. The predicted octanol–water partition coefficient (Wildman–Crippen LogP) is 4.66. The topological polar surface area (TPSA) is 21.1 Å². The fourth-order valence-electron chi connectivity index (χ4n) is 3.88. The van der Waals surface area contributed by atoms with Crippen molar-refractivity contribution in [2.24, 2.45) is 11.8 Å². The van der Waals surface area contributed by atoms with Gasteiger partial charge in [-0.3, -0.25) is 4.90 Å². The molecule has 0 saturated carbocycles. The lowest BCUT2D eigenvalue weighted by Gasteiger charge is -2.33. The van der Waals surface area contributed by atoms with Crippen LogP contribution in [-0.2, 0) is 19.5 Å². The molecule has 0 amide bonds. The van der Waals surface area contributed by atoms with Gasteiger partial charge in [0.25, 0.3) is 0 Å². The molecule has 0 N–H and O–H groups in total. The van der Waals surface area contributed by atoms with Crippen LogP contribution in [0.25, 0.3) is 0 Å².